The molecule has 82 valence electrons. The first kappa shape index (κ1) is 10.3. The van der Waals surface area contributed by atoms with Gasteiger partial charge in [0.1, 0.15) is 0 Å². The Labute approximate surface area is 104 Å². The first-order valence-corrected chi connectivity index (χ1v) is 7.44. The lowest BCUT2D eigenvalue weighted by Crippen LogP contribution is -1.87. The van der Waals surface area contributed by atoms with E-state index in [1.807, 2.05) is 22.7 Å². The van der Waals surface area contributed by atoms with Gasteiger partial charge in [-0.15, -0.1) is 22.7 Å². The molecule has 0 aliphatic heterocycles. The van der Waals surface area contributed by atoms with Gasteiger partial charge in [0.25, 0.3) is 0 Å². The molecule has 16 heavy (non-hydrogen) atoms. The molecule has 1 aromatic carbocycles. The first-order chi connectivity index (χ1) is 7.83. The van der Waals surface area contributed by atoms with Crippen molar-refractivity contribution in [2.24, 2.45) is 0 Å². The Kier molecular flexibility index (Phi) is 2.49. The number of hydrogen-bond acceptors (Lipinski definition) is 2. The third kappa shape index (κ3) is 1.33. The lowest BCUT2D eigenvalue weighted by Gasteiger charge is -2.07. The van der Waals surface area contributed by atoms with Gasteiger partial charge in [-0.05, 0) is 58.1 Å². The van der Waals surface area contributed by atoms with E-state index in [4.69, 9.17) is 0 Å². The van der Waals surface area contributed by atoms with Crippen molar-refractivity contribution in [3.05, 3.63) is 34.0 Å². The Balaban J connectivity index is 2.51. The fourth-order valence-corrected chi connectivity index (χ4v) is 4.41. The third-order valence-electron chi connectivity index (χ3n) is 3.17. The van der Waals surface area contributed by atoms with Gasteiger partial charge in [-0.1, -0.05) is 13.3 Å². The maximum absolute atomic E-state index is 2.29. The fourth-order valence-electron chi connectivity index (χ4n) is 2.42. The van der Waals surface area contributed by atoms with Gasteiger partial charge in [0.05, 0.1) is 0 Å². The van der Waals surface area contributed by atoms with Gasteiger partial charge in [0, 0.05) is 9.40 Å². The summed E-state index contributed by atoms with van der Waals surface area (Å²) >= 11 is 3.77. The maximum Gasteiger partial charge on any atom is 0.0384 e. The van der Waals surface area contributed by atoms with Crippen LogP contribution in [0.3, 0.4) is 0 Å². The molecule has 0 saturated carbocycles. The number of thiophene rings is 2. The van der Waals surface area contributed by atoms with Crippen LogP contribution in [-0.4, -0.2) is 0 Å². The van der Waals surface area contributed by atoms with E-state index in [-0.39, 0.29) is 0 Å². The van der Waals surface area contributed by atoms with Crippen LogP contribution in [0.25, 0.3) is 20.2 Å². The molecule has 2 aromatic heterocycles. The molecule has 0 amide bonds. The molecule has 0 atom stereocenters. The minimum atomic E-state index is 1.20. The molecule has 0 unspecified atom stereocenters. The third-order valence-corrected chi connectivity index (χ3v) is 5.18. The van der Waals surface area contributed by atoms with Crippen LogP contribution in [0.4, 0.5) is 0 Å². The molecule has 2 heterocycles. The van der Waals surface area contributed by atoms with Gasteiger partial charge in [-0.2, -0.15) is 0 Å². The van der Waals surface area contributed by atoms with E-state index in [9.17, 15) is 0 Å². The zero-order valence-electron chi connectivity index (χ0n) is 9.54. The Morgan fingerprint density at radius 3 is 2.44 bits per heavy atom. The highest BCUT2D eigenvalue weighted by Gasteiger charge is 2.12. The predicted octanol–water partition coefficient (Wildman–Crippen LogP) is 5.38. The van der Waals surface area contributed by atoms with E-state index in [1.54, 1.807) is 5.56 Å². The monoisotopic (exact) mass is 246 g/mol. The summed E-state index contributed by atoms with van der Waals surface area (Å²) in [4.78, 5) is 0. The normalized spacial score (nSPS) is 11.6. The van der Waals surface area contributed by atoms with Crippen molar-refractivity contribution < 1.29 is 0 Å². The van der Waals surface area contributed by atoms with Crippen LogP contribution in [0.2, 0.25) is 0 Å². The summed E-state index contributed by atoms with van der Waals surface area (Å²) < 4.78 is 2.99. The topological polar surface area (TPSA) is 0 Å². The molecule has 0 aliphatic rings. The van der Waals surface area contributed by atoms with Gasteiger partial charge in [0.15, 0.2) is 0 Å². The van der Waals surface area contributed by atoms with Gasteiger partial charge >= 0.3 is 0 Å². The van der Waals surface area contributed by atoms with E-state index >= 15 is 0 Å². The van der Waals surface area contributed by atoms with Crippen LogP contribution >= 0.6 is 22.7 Å². The van der Waals surface area contributed by atoms with Gasteiger partial charge < -0.3 is 0 Å². The van der Waals surface area contributed by atoms with Crippen molar-refractivity contribution in [2.45, 2.75) is 26.7 Å². The molecule has 0 fully saturated rings. The SMILES string of the molecule is CCCc1c2ccsc2c(C)c2ccsc12. The predicted molar refractivity (Wildman–Crippen MR) is 75.9 cm³/mol. The summed E-state index contributed by atoms with van der Waals surface area (Å²) in [6.07, 6.45) is 2.42. The van der Waals surface area contributed by atoms with Crippen LogP contribution < -0.4 is 0 Å². The second-order valence-corrected chi connectivity index (χ2v) is 6.01. The van der Waals surface area contributed by atoms with Gasteiger partial charge in [-0.3, -0.25) is 0 Å². The maximum atomic E-state index is 2.29. The van der Waals surface area contributed by atoms with Crippen molar-refractivity contribution >= 4 is 42.8 Å². The molecule has 2 heteroatoms. The van der Waals surface area contributed by atoms with Crippen molar-refractivity contribution in [3.63, 3.8) is 0 Å². The number of fused-ring (bicyclic) bond motifs is 2. The smallest absolute Gasteiger partial charge is 0.0384 e. The number of aryl methyl sites for hydroxylation is 2. The van der Waals surface area contributed by atoms with E-state index < -0.39 is 0 Å². The molecule has 0 nitrogen and oxygen atoms in total. The summed E-state index contributed by atoms with van der Waals surface area (Å²) in [7, 11) is 0. The molecular formula is C14H14S2. The van der Waals surface area contributed by atoms with Crippen molar-refractivity contribution in [1.29, 1.82) is 0 Å². The summed E-state index contributed by atoms with van der Waals surface area (Å²) in [5, 5.41) is 7.39. The Hall–Kier alpha value is -0.860. The highest BCUT2D eigenvalue weighted by Crippen LogP contribution is 2.38. The lowest BCUT2D eigenvalue weighted by molar-refractivity contribution is 0.938. The molecule has 3 rings (SSSR count). The van der Waals surface area contributed by atoms with Crippen molar-refractivity contribution in [3.8, 4) is 0 Å². The molecular weight excluding hydrogens is 232 g/mol. The minimum Gasteiger partial charge on any atom is -0.144 e. The van der Waals surface area contributed by atoms with Crippen LogP contribution in [-0.2, 0) is 6.42 Å². The molecule has 3 aromatic rings. The van der Waals surface area contributed by atoms with E-state index in [2.05, 4.69) is 36.7 Å². The molecule has 0 radical (unpaired) electrons. The Morgan fingerprint density at radius 2 is 1.69 bits per heavy atom. The highest BCUT2D eigenvalue weighted by molar-refractivity contribution is 7.19. The molecule has 0 saturated heterocycles. The van der Waals surface area contributed by atoms with E-state index in [0.29, 0.717) is 0 Å². The lowest BCUT2D eigenvalue weighted by atomic mass is 10.0. The average Bonchev–Trinajstić information content (AvgIpc) is 2.92. The average molecular weight is 246 g/mol. The molecule has 0 bridgehead atoms. The van der Waals surface area contributed by atoms with Crippen LogP contribution in [0, 0.1) is 6.92 Å². The summed E-state index contributed by atoms with van der Waals surface area (Å²) in [6.45, 7) is 4.51. The van der Waals surface area contributed by atoms with Crippen LogP contribution in [0.5, 0.6) is 0 Å². The second kappa shape index (κ2) is 3.86. The van der Waals surface area contributed by atoms with Crippen molar-refractivity contribution in [1.82, 2.24) is 0 Å². The Bertz CT molecular complexity index is 591. The van der Waals surface area contributed by atoms with Gasteiger partial charge in [0.2, 0.25) is 0 Å². The standard InChI is InChI=1S/C14H14S2/c1-3-4-11-12-6-8-15-13(12)9(2)10-5-7-16-14(10)11/h5-8H,3-4H2,1-2H3. The highest BCUT2D eigenvalue weighted by atomic mass is 32.1. The summed E-state index contributed by atoms with van der Waals surface area (Å²) in [6, 6.07) is 4.56. The fraction of sp³-hybridized carbons (Fsp3) is 0.286. The molecule has 0 N–H and O–H groups in total. The Morgan fingerprint density at radius 1 is 1.00 bits per heavy atom. The summed E-state index contributed by atoms with van der Waals surface area (Å²) in [5.74, 6) is 0. The van der Waals surface area contributed by atoms with E-state index in [0.717, 1.165) is 0 Å². The van der Waals surface area contributed by atoms with Gasteiger partial charge in [-0.25, -0.2) is 0 Å². The van der Waals surface area contributed by atoms with Crippen LogP contribution in [0.1, 0.15) is 24.5 Å². The summed E-state index contributed by atoms with van der Waals surface area (Å²) in [5.41, 5.74) is 3.02. The zero-order chi connectivity index (χ0) is 11.1. The number of benzene rings is 1. The number of hydrogen-bond donors (Lipinski definition) is 0. The quantitative estimate of drug-likeness (QED) is 0.569. The zero-order valence-corrected chi connectivity index (χ0v) is 11.2. The number of rotatable bonds is 2. The van der Waals surface area contributed by atoms with Crippen LogP contribution in [0.15, 0.2) is 22.9 Å². The van der Waals surface area contributed by atoms with Crippen molar-refractivity contribution in [2.75, 3.05) is 0 Å². The molecule has 0 spiro atoms. The largest absolute Gasteiger partial charge is 0.144 e. The van der Waals surface area contributed by atoms with E-state index in [1.165, 1.54) is 38.6 Å². The first-order valence-electron chi connectivity index (χ1n) is 5.68. The second-order valence-electron chi connectivity index (χ2n) is 4.18. The minimum absolute atomic E-state index is 1.20. The molecule has 0 aliphatic carbocycles.